The molecule has 3 N–H and O–H groups in total. The van der Waals surface area contributed by atoms with Crippen LogP contribution in [0, 0.1) is 0 Å². The van der Waals surface area contributed by atoms with Gasteiger partial charge in [-0.05, 0) is 25.2 Å². The van der Waals surface area contributed by atoms with Crippen molar-refractivity contribution in [3.05, 3.63) is 36.0 Å². The summed E-state index contributed by atoms with van der Waals surface area (Å²) in [6.07, 6.45) is 10.1. The molecule has 2 nitrogen and oxygen atoms in total. The molecule has 0 saturated heterocycles. The fourth-order valence-corrected chi connectivity index (χ4v) is 0.855. The van der Waals surface area contributed by atoms with Crippen molar-refractivity contribution >= 4 is 6.29 Å². The first-order valence-corrected chi connectivity index (χ1v) is 3.53. The van der Waals surface area contributed by atoms with Gasteiger partial charge in [-0.15, -0.1) is 0 Å². The Morgan fingerprint density at radius 3 is 2.91 bits per heavy atom. The zero-order valence-electron chi connectivity index (χ0n) is 6.58. The van der Waals surface area contributed by atoms with Crippen LogP contribution in [0.4, 0.5) is 0 Å². The van der Waals surface area contributed by atoms with Gasteiger partial charge < -0.3 is 5.73 Å². The summed E-state index contributed by atoms with van der Waals surface area (Å²) in [4.78, 5) is 10.3. The van der Waals surface area contributed by atoms with Crippen molar-refractivity contribution < 1.29 is 10.5 Å². The van der Waals surface area contributed by atoms with E-state index in [1.807, 2.05) is 25.2 Å². The Balaban J connectivity index is 2.91. The van der Waals surface area contributed by atoms with Crippen LogP contribution in [0.15, 0.2) is 36.0 Å². The highest BCUT2D eigenvalue weighted by Gasteiger charge is 2.14. The van der Waals surface area contributed by atoms with Crippen molar-refractivity contribution in [3.8, 4) is 0 Å². The van der Waals surface area contributed by atoms with Gasteiger partial charge in [-0.3, -0.25) is 4.79 Å². The van der Waals surface area contributed by atoms with E-state index in [9.17, 15) is 4.79 Å². The number of hydrogen-bond acceptors (Lipinski definition) is 1. The van der Waals surface area contributed by atoms with Crippen LogP contribution in [-0.4, -0.2) is 11.8 Å². The predicted octanol–water partition coefficient (Wildman–Crippen LogP) is 0.238. The normalized spacial score (nSPS) is 29.5. The molecule has 1 unspecified atom stereocenters. The molecule has 0 aromatic heterocycles. The Morgan fingerprint density at radius 1 is 1.55 bits per heavy atom. The molecule has 0 saturated carbocycles. The third-order valence-corrected chi connectivity index (χ3v) is 1.56. The Labute approximate surface area is 66.1 Å². The maximum atomic E-state index is 10.3. The number of aldehydes is 1. The van der Waals surface area contributed by atoms with Gasteiger partial charge >= 0.3 is 0 Å². The van der Waals surface area contributed by atoms with E-state index in [4.69, 9.17) is 0 Å². The van der Waals surface area contributed by atoms with Gasteiger partial charge in [0.05, 0.1) is 0 Å². The summed E-state index contributed by atoms with van der Waals surface area (Å²) >= 11 is 0. The fourth-order valence-electron chi connectivity index (χ4n) is 0.855. The lowest BCUT2D eigenvalue weighted by atomic mass is 10.0. The smallest absolute Gasteiger partial charge is 0.150 e. The van der Waals surface area contributed by atoms with Crippen LogP contribution < -0.4 is 5.73 Å². The molecular weight excluding hydrogens is 138 g/mol. The van der Waals surface area contributed by atoms with Crippen molar-refractivity contribution in [1.29, 1.82) is 0 Å². The standard InChI is InChI=1S/C9H11NO/c1-9(10)5-2-3-8(7-11)4-6-9/h2-7H,10H2,1H3/p+1. The fraction of sp³-hybridized carbons (Fsp3) is 0.222. The second-order valence-corrected chi connectivity index (χ2v) is 2.98. The van der Waals surface area contributed by atoms with Crippen molar-refractivity contribution in [2.45, 2.75) is 12.5 Å². The largest absolute Gasteiger partial charge is 0.346 e. The van der Waals surface area contributed by atoms with Crippen LogP contribution in [0.1, 0.15) is 6.92 Å². The summed E-state index contributed by atoms with van der Waals surface area (Å²) in [7, 11) is 0. The minimum atomic E-state index is -0.179. The second-order valence-electron chi connectivity index (χ2n) is 2.98. The molecule has 0 heterocycles. The molecule has 0 radical (unpaired) electrons. The molecule has 1 aliphatic carbocycles. The summed E-state index contributed by atoms with van der Waals surface area (Å²) in [6, 6.07) is 0. The molecule has 2 heteroatoms. The molecule has 0 bridgehead atoms. The molecule has 0 amide bonds. The van der Waals surface area contributed by atoms with Gasteiger partial charge in [0, 0.05) is 5.57 Å². The molecule has 11 heavy (non-hydrogen) atoms. The summed E-state index contributed by atoms with van der Waals surface area (Å²) in [6.45, 7) is 1.99. The van der Waals surface area contributed by atoms with E-state index >= 15 is 0 Å². The monoisotopic (exact) mass is 150 g/mol. The van der Waals surface area contributed by atoms with Crippen molar-refractivity contribution in [1.82, 2.24) is 0 Å². The van der Waals surface area contributed by atoms with E-state index in [1.54, 1.807) is 12.2 Å². The molecule has 58 valence electrons. The van der Waals surface area contributed by atoms with Crippen LogP contribution in [0.5, 0.6) is 0 Å². The minimum absolute atomic E-state index is 0.179. The number of allylic oxidation sites excluding steroid dienone is 4. The third-order valence-electron chi connectivity index (χ3n) is 1.56. The quantitative estimate of drug-likeness (QED) is 0.535. The number of quaternary nitrogens is 1. The molecule has 1 rings (SSSR count). The van der Waals surface area contributed by atoms with Crippen LogP contribution in [-0.2, 0) is 4.79 Å². The first-order valence-electron chi connectivity index (χ1n) is 3.53. The number of carbonyl (C=O) groups is 1. The van der Waals surface area contributed by atoms with Gasteiger partial charge in [0.25, 0.3) is 0 Å². The van der Waals surface area contributed by atoms with E-state index in [0.717, 1.165) is 6.29 Å². The molecule has 0 spiro atoms. The highest BCUT2D eigenvalue weighted by Crippen LogP contribution is 2.08. The molecule has 0 aromatic carbocycles. The average Bonchev–Trinajstić information content (AvgIpc) is 2.10. The zero-order chi connectivity index (χ0) is 8.32. The highest BCUT2D eigenvalue weighted by molar-refractivity contribution is 5.78. The summed E-state index contributed by atoms with van der Waals surface area (Å²) in [5.41, 5.74) is 4.44. The van der Waals surface area contributed by atoms with Crippen LogP contribution >= 0.6 is 0 Å². The Bertz CT molecular complexity index is 246. The zero-order valence-corrected chi connectivity index (χ0v) is 6.58. The van der Waals surface area contributed by atoms with Gasteiger partial charge in [-0.1, -0.05) is 12.2 Å². The topological polar surface area (TPSA) is 44.7 Å². The lowest BCUT2D eigenvalue weighted by Gasteiger charge is -2.07. The maximum absolute atomic E-state index is 10.3. The minimum Gasteiger partial charge on any atom is -0.346 e. The predicted molar refractivity (Wildman–Crippen MR) is 43.7 cm³/mol. The molecule has 1 atom stereocenters. The van der Waals surface area contributed by atoms with Crippen molar-refractivity contribution in [3.63, 3.8) is 0 Å². The van der Waals surface area contributed by atoms with Crippen LogP contribution in [0.25, 0.3) is 0 Å². The highest BCUT2D eigenvalue weighted by atomic mass is 16.1. The molecule has 1 aliphatic rings. The van der Waals surface area contributed by atoms with E-state index < -0.39 is 0 Å². The van der Waals surface area contributed by atoms with Crippen molar-refractivity contribution in [2.75, 3.05) is 0 Å². The van der Waals surface area contributed by atoms with Gasteiger partial charge in [0.1, 0.15) is 11.8 Å². The van der Waals surface area contributed by atoms with Crippen molar-refractivity contribution in [2.24, 2.45) is 0 Å². The summed E-state index contributed by atoms with van der Waals surface area (Å²) < 4.78 is 0. The lowest BCUT2D eigenvalue weighted by molar-refractivity contribution is -0.434. The maximum Gasteiger partial charge on any atom is 0.150 e. The average molecular weight is 150 g/mol. The summed E-state index contributed by atoms with van der Waals surface area (Å²) in [5, 5.41) is 0. The first kappa shape index (κ1) is 7.95. The number of hydrogen-bond donors (Lipinski definition) is 1. The second kappa shape index (κ2) is 2.84. The SMILES string of the molecule is CC1([NH3+])C=CC=C(C=O)C=C1. The molecule has 0 fully saturated rings. The van der Waals surface area contributed by atoms with Gasteiger partial charge in [-0.25, -0.2) is 0 Å². The third kappa shape index (κ3) is 2.16. The number of carbonyl (C=O) groups excluding carboxylic acids is 1. The van der Waals surface area contributed by atoms with E-state index in [2.05, 4.69) is 5.73 Å². The van der Waals surface area contributed by atoms with Gasteiger partial charge in [-0.2, -0.15) is 0 Å². The van der Waals surface area contributed by atoms with E-state index in [1.165, 1.54) is 0 Å². The van der Waals surface area contributed by atoms with E-state index in [0.29, 0.717) is 5.57 Å². The first-order chi connectivity index (χ1) is 5.14. The Morgan fingerprint density at radius 2 is 2.27 bits per heavy atom. The molecule has 0 aromatic rings. The van der Waals surface area contributed by atoms with Crippen LogP contribution in [0.3, 0.4) is 0 Å². The Hall–Kier alpha value is -1.15. The van der Waals surface area contributed by atoms with Gasteiger partial charge in [0.2, 0.25) is 0 Å². The number of rotatable bonds is 1. The Kier molecular flexibility index (Phi) is 2.06. The molecular formula is C9H12NO+. The molecule has 0 aliphatic heterocycles. The van der Waals surface area contributed by atoms with E-state index in [-0.39, 0.29) is 5.54 Å². The van der Waals surface area contributed by atoms with Crippen LogP contribution in [0.2, 0.25) is 0 Å². The lowest BCUT2D eigenvalue weighted by Crippen LogP contribution is -2.68. The summed E-state index contributed by atoms with van der Waals surface area (Å²) in [5.74, 6) is 0. The van der Waals surface area contributed by atoms with Gasteiger partial charge in [0.15, 0.2) is 0 Å².